The first-order chi connectivity index (χ1) is 14.2. The number of aromatic nitrogens is 2. The van der Waals surface area contributed by atoms with Crippen LogP contribution in [0.2, 0.25) is 0 Å². The molecule has 148 valence electrons. The predicted molar refractivity (Wildman–Crippen MR) is 108 cm³/mol. The minimum absolute atomic E-state index is 0.0712. The molecular weight excluding hydrogens is 366 g/mol. The monoisotopic (exact) mass is 389 g/mol. The van der Waals surface area contributed by atoms with Gasteiger partial charge in [0.25, 0.3) is 0 Å². The van der Waals surface area contributed by atoms with Crippen LogP contribution in [0.4, 0.5) is 5.69 Å². The Morgan fingerprint density at radius 1 is 1.17 bits per heavy atom. The standard InChI is InChI=1S/C23H23N3O3/c1-28-18-11-6-15(7-12-18)8-13-21(27)26-19-5-3-2-4-17(19)14-20(26)23-24-22(25-29-23)16-9-10-16/h2-7,11-12,16,20H,8-10,13-14H2,1H3. The molecule has 0 N–H and O–H groups in total. The van der Waals surface area contributed by atoms with Crippen molar-refractivity contribution in [3.63, 3.8) is 0 Å². The molecule has 0 saturated heterocycles. The minimum atomic E-state index is -0.226. The van der Waals surface area contributed by atoms with Crippen LogP contribution < -0.4 is 9.64 Å². The Morgan fingerprint density at radius 2 is 1.97 bits per heavy atom. The van der Waals surface area contributed by atoms with Crippen molar-refractivity contribution in [2.45, 2.75) is 44.1 Å². The summed E-state index contributed by atoms with van der Waals surface area (Å²) in [4.78, 5) is 19.7. The van der Waals surface area contributed by atoms with E-state index in [-0.39, 0.29) is 11.9 Å². The highest BCUT2D eigenvalue weighted by Crippen LogP contribution is 2.42. The van der Waals surface area contributed by atoms with E-state index in [0.717, 1.165) is 41.2 Å². The van der Waals surface area contributed by atoms with E-state index in [1.165, 1.54) is 0 Å². The van der Waals surface area contributed by atoms with Crippen molar-refractivity contribution in [1.82, 2.24) is 10.1 Å². The van der Waals surface area contributed by atoms with Gasteiger partial charge in [-0.2, -0.15) is 4.98 Å². The molecule has 1 aliphatic carbocycles. The Hall–Kier alpha value is -3.15. The molecule has 1 aliphatic heterocycles. The minimum Gasteiger partial charge on any atom is -0.497 e. The number of carbonyl (C=O) groups excluding carboxylic acids is 1. The number of carbonyl (C=O) groups is 1. The number of aryl methyl sites for hydroxylation is 1. The number of hydrogen-bond donors (Lipinski definition) is 0. The van der Waals surface area contributed by atoms with Crippen LogP contribution in [0.3, 0.4) is 0 Å². The van der Waals surface area contributed by atoms with Gasteiger partial charge in [0.15, 0.2) is 5.82 Å². The summed E-state index contributed by atoms with van der Waals surface area (Å²) in [6.07, 6.45) is 4.03. The van der Waals surface area contributed by atoms with Crippen LogP contribution in [0.25, 0.3) is 0 Å². The average molecular weight is 389 g/mol. The van der Waals surface area contributed by atoms with Crippen LogP contribution in [0.1, 0.15) is 54.1 Å². The number of fused-ring (bicyclic) bond motifs is 1. The van der Waals surface area contributed by atoms with E-state index in [1.807, 2.05) is 47.4 Å². The molecule has 2 heterocycles. The third-order valence-corrected chi connectivity index (χ3v) is 5.72. The lowest BCUT2D eigenvalue weighted by molar-refractivity contribution is -0.119. The van der Waals surface area contributed by atoms with Gasteiger partial charge in [-0.1, -0.05) is 35.5 Å². The summed E-state index contributed by atoms with van der Waals surface area (Å²) in [6.45, 7) is 0. The Morgan fingerprint density at radius 3 is 2.72 bits per heavy atom. The first kappa shape index (κ1) is 17.9. The molecule has 1 fully saturated rings. The van der Waals surface area contributed by atoms with E-state index in [1.54, 1.807) is 7.11 Å². The molecule has 0 bridgehead atoms. The third kappa shape index (κ3) is 3.50. The topological polar surface area (TPSA) is 68.5 Å². The van der Waals surface area contributed by atoms with Gasteiger partial charge in [0.1, 0.15) is 11.8 Å². The van der Waals surface area contributed by atoms with Crippen LogP contribution >= 0.6 is 0 Å². The fraction of sp³-hybridized carbons (Fsp3) is 0.348. The Kier molecular flexibility index (Phi) is 4.54. The highest BCUT2D eigenvalue weighted by Gasteiger charge is 2.39. The third-order valence-electron chi connectivity index (χ3n) is 5.72. The molecule has 0 radical (unpaired) electrons. The molecule has 6 heteroatoms. The molecule has 1 amide bonds. The summed E-state index contributed by atoms with van der Waals surface area (Å²) in [6, 6.07) is 15.7. The number of amides is 1. The van der Waals surface area contributed by atoms with Crippen LogP contribution in [-0.2, 0) is 17.6 Å². The quantitative estimate of drug-likeness (QED) is 0.631. The molecule has 3 aromatic rings. The van der Waals surface area contributed by atoms with E-state index in [2.05, 4.69) is 16.2 Å². The van der Waals surface area contributed by atoms with E-state index >= 15 is 0 Å². The second-order valence-corrected chi connectivity index (χ2v) is 7.73. The smallest absolute Gasteiger partial charge is 0.250 e. The highest BCUT2D eigenvalue weighted by atomic mass is 16.5. The summed E-state index contributed by atoms with van der Waals surface area (Å²) >= 11 is 0. The van der Waals surface area contributed by atoms with Crippen molar-refractivity contribution in [3.8, 4) is 5.75 Å². The number of anilines is 1. The Balaban J connectivity index is 1.36. The second-order valence-electron chi connectivity index (χ2n) is 7.73. The van der Waals surface area contributed by atoms with Gasteiger partial charge in [-0.25, -0.2) is 0 Å². The van der Waals surface area contributed by atoms with Crippen molar-refractivity contribution in [2.24, 2.45) is 0 Å². The number of para-hydroxylation sites is 1. The van der Waals surface area contributed by atoms with Crippen molar-refractivity contribution in [3.05, 3.63) is 71.4 Å². The van der Waals surface area contributed by atoms with Crippen LogP contribution in [0.15, 0.2) is 53.1 Å². The lowest BCUT2D eigenvalue weighted by atomic mass is 10.1. The number of nitrogens with zero attached hydrogens (tertiary/aromatic N) is 3. The van der Waals surface area contributed by atoms with Crippen molar-refractivity contribution >= 4 is 11.6 Å². The zero-order chi connectivity index (χ0) is 19.8. The fourth-order valence-electron chi connectivity index (χ4n) is 3.95. The summed E-state index contributed by atoms with van der Waals surface area (Å²) in [5.74, 6) is 2.64. The zero-order valence-electron chi connectivity index (χ0n) is 16.4. The molecule has 2 aromatic carbocycles. The molecule has 1 aromatic heterocycles. The number of rotatable bonds is 6. The van der Waals surface area contributed by atoms with Gasteiger partial charge in [0.05, 0.1) is 7.11 Å². The van der Waals surface area contributed by atoms with Crippen LogP contribution in [0, 0.1) is 0 Å². The van der Waals surface area contributed by atoms with Gasteiger partial charge in [0.2, 0.25) is 11.8 Å². The van der Waals surface area contributed by atoms with Gasteiger partial charge in [-0.15, -0.1) is 0 Å². The van der Waals surface area contributed by atoms with Gasteiger partial charge < -0.3 is 9.26 Å². The largest absolute Gasteiger partial charge is 0.497 e. The lowest BCUT2D eigenvalue weighted by Crippen LogP contribution is -2.32. The first-order valence-corrected chi connectivity index (χ1v) is 10.1. The van der Waals surface area contributed by atoms with Gasteiger partial charge in [-0.3, -0.25) is 9.69 Å². The number of benzene rings is 2. The molecule has 0 spiro atoms. The van der Waals surface area contributed by atoms with Crippen molar-refractivity contribution in [1.29, 1.82) is 0 Å². The van der Waals surface area contributed by atoms with E-state index in [9.17, 15) is 4.79 Å². The summed E-state index contributed by atoms with van der Waals surface area (Å²) < 4.78 is 10.8. The summed E-state index contributed by atoms with van der Waals surface area (Å²) in [5.41, 5.74) is 3.20. The summed E-state index contributed by atoms with van der Waals surface area (Å²) in [5, 5.41) is 4.15. The van der Waals surface area contributed by atoms with Crippen molar-refractivity contribution in [2.75, 3.05) is 12.0 Å². The van der Waals surface area contributed by atoms with E-state index < -0.39 is 0 Å². The lowest BCUT2D eigenvalue weighted by Gasteiger charge is -2.23. The molecule has 1 atom stereocenters. The molecular formula is C23H23N3O3. The van der Waals surface area contributed by atoms with E-state index in [4.69, 9.17) is 9.26 Å². The highest BCUT2D eigenvalue weighted by molar-refractivity contribution is 5.96. The number of hydrogen-bond acceptors (Lipinski definition) is 5. The van der Waals surface area contributed by atoms with E-state index in [0.29, 0.717) is 31.1 Å². The maximum absolute atomic E-state index is 13.3. The maximum Gasteiger partial charge on any atom is 0.250 e. The molecule has 29 heavy (non-hydrogen) atoms. The molecule has 5 rings (SSSR count). The fourth-order valence-corrected chi connectivity index (χ4v) is 3.95. The molecule has 6 nitrogen and oxygen atoms in total. The maximum atomic E-state index is 13.3. The van der Waals surface area contributed by atoms with Crippen LogP contribution in [0.5, 0.6) is 5.75 Å². The van der Waals surface area contributed by atoms with Gasteiger partial charge in [-0.05, 0) is 48.6 Å². The average Bonchev–Trinajstić information content (AvgIpc) is 3.36. The molecule has 1 unspecified atom stereocenters. The first-order valence-electron chi connectivity index (χ1n) is 10.1. The van der Waals surface area contributed by atoms with Crippen LogP contribution in [-0.4, -0.2) is 23.2 Å². The zero-order valence-corrected chi connectivity index (χ0v) is 16.4. The Bertz CT molecular complexity index is 1020. The normalized spacial score (nSPS) is 18.0. The molecule has 1 saturated carbocycles. The second kappa shape index (κ2) is 7.35. The van der Waals surface area contributed by atoms with Gasteiger partial charge in [0, 0.05) is 24.4 Å². The van der Waals surface area contributed by atoms with Crippen molar-refractivity contribution < 1.29 is 14.1 Å². The summed E-state index contributed by atoms with van der Waals surface area (Å²) in [7, 11) is 1.65. The number of ether oxygens (including phenoxy) is 1. The Labute approximate surface area is 169 Å². The predicted octanol–water partition coefficient (Wildman–Crippen LogP) is 4.22. The molecule has 2 aliphatic rings. The van der Waals surface area contributed by atoms with Gasteiger partial charge >= 0.3 is 0 Å². The number of methoxy groups -OCH3 is 1. The SMILES string of the molecule is COc1ccc(CCC(=O)N2c3ccccc3CC2c2nc(C3CC3)no2)cc1.